The van der Waals surface area contributed by atoms with Crippen molar-refractivity contribution < 1.29 is 4.42 Å². The summed E-state index contributed by atoms with van der Waals surface area (Å²) >= 11 is 0. The van der Waals surface area contributed by atoms with Crippen molar-refractivity contribution >= 4 is 11.0 Å². The van der Waals surface area contributed by atoms with Crippen molar-refractivity contribution in [1.82, 2.24) is 5.32 Å². The molecule has 0 radical (unpaired) electrons. The van der Waals surface area contributed by atoms with Crippen LogP contribution >= 0.6 is 0 Å². The minimum atomic E-state index is 0.726. The molecule has 1 aromatic heterocycles. The van der Waals surface area contributed by atoms with E-state index in [1.165, 1.54) is 11.8 Å². The highest BCUT2D eigenvalue weighted by Gasteiger charge is 2.03. The quantitative estimate of drug-likeness (QED) is 0.828. The summed E-state index contributed by atoms with van der Waals surface area (Å²) in [5, 5.41) is 4.60. The van der Waals surface area contributed by atoms with E-state index in [9.17, 15) is 0 Å². The van der Waals surface area contributed by atoms with E-state index < -0.39 is 0 Å². The summed E-state index contributed by atoms with van der Waals surface area (Å²) in [6.45, 7) is 6.34. The van der Waals surface area contributed by atoms with Crippen LogP contribution in [0.2, 0.25) is 0 Å². The molecule has 1 atom stereocenters. The summed E-state index contributed by atoms with van der Waals surface area (Å²) < 4.78 is 5.72. The van der Waals surface area contributed by atoms with Gasteiger partial charge in [0.05, 0.1) is 6.54 Å². The molecule has 0 amide bonds. The first-order chi connectivity index (χ1) is 7.79. The molecule has 1 N–H and O–H groups in total. The van der Waals surface area contributed by atoms with E-state index in [1.54, 1.807) is 0 Å². The third-order valence-corrected chi connectivity index (χ3v) is 2.97. The van der Waals surface area contributed by atoms with E-state index >= 15 is 0 Å². The molecule has 0 saturated carbocycles. The Morgan fingerprint density at radius 3 is 2.88 bits per heavy atom. The number of fused-ring (bicyclic) bond motifs is 1. The molecule has 0 fully saturated rings. The molecule has 86 valence electrons. The van der Waals surface area contributed by atoms with Gasteiger partial charge in [0.15, 0.2) is 0 Å². The summed E-state index contributed by atoms with van der Waals surface area (Å²) in [6, 6.07) is 10.2. The van der Waals surface area contributed by atoms with E-state index in [0.717, 1.165) is 30.4 Å². The standard InChI is InChI=1S/C14H19NO/c1-3-11(2)9-15-10-13-8-12-6-4-5-7-14(12)16-13/h4-8,11,15H,3,9-10H2,1-2H3. The Balaban J connectivity index is 1.94. The Kier molecular flexibility index (Phi) is 3.62. The summed E-state index contributed by atoms with van der Waals surface area (Å²) in [4.78, 5) is 0. The van der Waals surface area contributed by atoms with Crippen LogP contribution in [0.3, 0.4) is 0 Å². The van der Waals surface area contributed by atoms with Gasteiger partial charge in [0.25, 0.3) is 0 Å². The molecule has 2 nitrogen and oxygen atoms in total. The largest absolute Gasteiger partial charge is 0.460 e. The maximum absolute atomic E-state index is 5.72. The predicted molar refractivity (Wildman–Crippen MR) is 67.4 cm³/mol. The van der Waals surface area contributed by atoms with Gasteiger partial charge >= 0.3 is 0 Å². The van der Waals surface area contributed by atoms with Crippen molar-refractivity contribution in [2.24, 2.45) is 5.92 Å². The minimum absolute atomic E-state index is 0.726. The van der Waals surface area contributed by atoms with Crippen molar-refractivity contribution in [1.29, 1.82) is 0 Å². The predicted octanol–water partition coefficient (Wildman–Crippen LogP) is 3.57. The molecule has 2 heteroatoms. The van der Waals surface area contributed by atoms with E-state index in [2.05, 4.69) is 31.3 Å². The Morgan fingerprint density at radius 1 is 1.31 bits per heavy atom. The summed E-state index contributed by atoms with van der Waals surface area (Å²) in [7, 11) is 0. The highest BCUT2D eigenvalue weighted by molar-refractivity contribution is 5.77. The first kappa shape index (κ1) is 11.2. The van der Waals surface area contributed by atoms with E-state index in [-0.39, 0.29) is 0 Å². The average molecular weight is 217 g/mol. The number of rotatable bonds is 5. The number of hydrogen-bond donors (Lipinski definition) is 1. The van der Waals surface area contributed by atoms with Crippen molar-refractivity contribution in [2.45, 2.75) is 26.8 Å². The normalized spacial score (nSPS) is 13.1. The van der Waals surface area contributed by atoms with Crippen molar-refractivity contribution in [3.05, 3.63) is 36.1 Å². The highest BCUT2D eigenvalue weighted by Crippen LogP contribution is 2.18. The molecular formula is C14H19NO. The van der Waals surface area contributed by atoms with Crippen LogP contribution in [0.15, 0.2) is 34.7 Å². The fourth-order valence-corrected chi connectivity index (χ4v) is 1.71. The van der Waals surface area contributed by atoms with Crippen molar-refractivity contribution in [2.75, 3.05) is 6.54 Å². The van der Waals surface area contributed by atoms with Crippen LogP contribution in [0.5, 0.6) is 0 Å². The van der Waals surface area contributed by atoms with Gasteiger partial charge in [-0.15, -0.1) is 0 Å². The number of furan rings is 1. The Labute approximate surface area is 96.6 Å². The number of para-hydroxylation sites is 1. The second kappa shape index (κ2) is 5.17. The van der Waals surface area contributed by atoms with Gasteiger partial charge in [-0.1, -0.05) is 38.5 Å². The molecule has 0 spiro atoms. The molecule has 1 heterocycles. The van der Waals surface area contributed by atoms with Gasteiger partial charge < -0.3 is 9.73 Å². The molecule has 2 aromatic rings. The third kappa shape index (κ3) is 2.64. The molecule has 1 aromatic carbocycles. The van der Waals surface area contributed by atoms with Gasteiger partial charge in [-0.2, -0.15) is 0 Å². The maximum Gasteiger partial charge on any atom is 0.134 e. The topological polar surface area (TPSA) is 25.2 Å². The van der Waals surface area contributed by atoms with Crippen LogP contribution in [0, 0.1) is 5.92 Å². The van der Waals surface area contributed by atoms with Crippen LogP contribution in [-0.2, 0) is 6.54 Å². The Bertz CT molecular complexity index is 414. The number of benzene rings is 1. The summed E-state index contributed by atoms with van der Waals surface area (Å²) in [5.41, 5.74) is 0.975. The second-order valence-electron chi connectivity index (χ2n) is 4.39. The molecule has 0 aliphatic carbocycles. The van der Waals surface area contributed by atoms with Crippen molar-refractivity contribution in [3.63, 3.8) is 0 Å². The summed E-state index contributed by atoms with van der Waals surface area (Å²) in [5.74, 6) is 1.74. The third-order valence-electron chi connectivity index (χ3n) is 2.97. The molecule has 0 bridgehead atoms. The van der Waals surface area contributed by atoms with Crippen LogP contribution in [0.1, 0.15) is 26.0 Å². The zero-order valence-electron chi connectivity index (χ0n) is 9.99. The second-order valence-corrected chi connectivity index (χ2v) is 4.39. The van der Waals surface area contributed by atoms with Gasteiger partial charge in [0.1, 0.15) is 11.3 Å². The monoisotopic (exact) mass is 217 g/mol. The van der Waals surface area contributed by atoms with Gasteiger partial charge in [-0.25, -0.2) is 0 Å². The zero-order valence-corrected chi connectivity index (χ0v) is 9.99. The van der Waals surface area contributed by atoms with E-state index in [0.29, 0.717) is 0 Å². The molecule has 2 rings (SSSR count). The van der Waals surface area contributed by atoms with Gasteiger partial charge in [-0.3, -0.25) is 0 Å². The molecule has 0 saturated heterocycles. The SMILES string of the molecule is CCC(C)CNCc1cc2ccccc2o1. The van der Waals surface area contributed by atoms with Crippen LogP contribution in [0.25, 0.3) is 11.0 Å². The summed E-state index contributed by atoms with van der Waals surface area (Å²) in [6.07, 6.45) is 1.22. The average Bonchev–Trinajstić information content (AvgIpc) is 2.71. The smallest absolute Gasteiger partial charge is 0.134 e. The molecule has 16 heavy (non-hydrogen) atoms. The fourth-order valence-electron chi connectivity index (χ4n) is 1.71. The van der Waals surface area contributed by atoms with Crippen molar-refractivity contribution in [3.8, 4) is 0 Å². The van der Waals surface area contributed by atoms with Gasteiger partial charge in [-0.05, 0) is 24.6 Å². The lowest BCUT2D eigenvalue weighted by Gasteiger charge is -2.08. The van der Waals surface area contributed by atoms with Crippen LogP contribution < -0.4 is 5.32 Å². The zero-order chi connectivity index (χ0) is 11.4. The van der Waals surface area contributed by atoms with Crippen LogP contribution in [0.4, 0.5) is 0 Å². The van der Waals surface area contributed by atoms with Crippen LogP contribution in [-0.4, -0.2) is 6.54 Å². The lowest BCUT2D eigenvalue weighted by atomic mass is 10.1. The van der Waals surface area contributed by atoms with Gasteiger partial charge in [0.2, 0.25) is 0 Å². The number of hydrogen-bond acceptors (Lipinski definition) is 2. The van der Waals surface area contributed by atoms with E-state index in [1.807, 2.05) is 18.2 Å². The first-order valence-corrected chi connectivity index (χ1v) is 5.97. The maximum atomic E-state index is 5.72. The molecule has 1 unspecified atom stereocenters. The van der Waals surface area contributed by atoms with Gasteiger partial charge in [0, 0.05) is 5.39 Å². The Hall–Kier alpha value is -1.28. The Morgan fingerprint density at radius 2 is 2.12 bits per heavy atom. The fraction of sp³-hybridized carbons (Fsp3) is 0.429. The number of nitrogens with one attached hydrogen (secondary N) is 1. The minimum Gasteiger partial charge on any atom is -0.460 e. The molecule has 0 aliphatic heterocycles. The molecule has 0 aliphatic rings. The highest BCUT2D eigenvalue weighted by atomic mass is 16.3. The first-order valence-electron chi connectivity index (χ1n) is 5.97. The van der Waals surface area contributed by atoms with E-state index in [4.69, 9.17) is 4.42 Å². The lowest BCUT2D eigenvalue weighted by molar-refractivity contribution is 0.462. The lowest BCUT2D eigenvalue weighted by Crippen LogP contribution is -2.19. The molecular weight excluding hydrogens is 198 g/mol.